The summed E-state index contributed by atoms with van der Waals surface area (Å²) in [5.74, 6) is -0.210. The van der Waals surface area contributed by atoms with Gasteiger partial charge in [-0.2, -0.15) is 0 Å². The standard InChI is InChI=1S/C20H19FN2/c21-15-10-11-19-17(12-15)20(16-8-4-5-9-18(16)23-19)22-13-14-6-2-1-3-7-14/h1-3,6-7,10-12H,4-5,8-9,13H2,(H,22,23). The molecule has 1 heterocycles. The molecule has 0 radical (unpaired) electrons. The number of aromatic nitrogens is 1. The number of nitrogens with one attached hydrogen (secondary N) is 1. The van der Waals surface area contributed by atoms with Crippen LogP contribution >= 0.6 is 0 Å². The maximum atomic E-state index is 13.8. The van der Waals surface area contributed by atoms with Crippen molar-refractivity contribution in [1.29, 1.82) is 0 Å². The minimum Gasteiger partial charge on any atom is -0.380 e. The molecule has 23 heavy (non-hydrogen) atoms. The Bertz CT molecular complexity index is 843. The Hall–Kier alpha value is -2.42. The van der Waals surface area contributed by atoms with Gasteiger partial charge >= 0.3 is 0 Å². The number of aryl methyl sites for hydroxylation is 1. The van der Waals surface area contributed by atoms with Crippen LogP contribution in [0.1, 0.15) is 29.7 Å². The fourth-order valence-corrected chi connectivity index (χ4v) is 3.38. The Balaban J connectivity index is 1.80. The first kappa shape index (κ1) is 14.2. The van der Waals surface area contributed by atoms with Crippen LogP contribution in [0.25, 0.3) is 10.9 Å². The van der Waals surface area contributed by atoms with Crippen molar-refractivity contribution in [3.05, 3.63) is 71.2 Å². The van der Waals surface area contributed by atoms with E-state index in [1.54, 1.807) is 12.1 Å². The van der Waals surface area contributed by atoms with E-state index < -0.39 is 0 Å². The minimum absolute atomic E-state index is 0.210. The Kier molecular flexibility index (Phi) is 3.70. The largest absolute Gasteiger partial charge is 0.380 e. The highest BCUT2D eigenvalue weighted by Crippen LogP contribution is 2.34. The summed E-state index contributed by atoms with van der Waals surface area (Å²) in [4.78, 5) is 4.77. The summed E-state index contributed by atoms with van der Waals surface area (Å²) in [6, 6.07) is 15.2. The van der Waals surface area contributed by atoms with Crippen LogP contribution in [0.4, 0.5) is 10.1 Å². The number of halogens is 1. The second-order valence-corrected chi connectivity index (χ2v) is 6.12. The highest BCUT2D eigenvalue weighted by atomic mass is 19.1. The molecule has 1 aromatic heterocycles. The molecule has 0 fully saturated rings. The van der Waals surface area contributed by atoms with Gasteiger partial charge in [-0.25, -0.2) is 4.39 Å². The number of hydrogen-bond acceptors (Lipinski definition) is 2. The Labute approximate surface area is 135 Å². The van der Waals surface area contributed by atoms with Gasteiger partial charge in [0.1, 0.15) is 5.82 Å². The molecular formula is C20H19FN2. The van der Waals surface area contributed by atoms with Gasteiger partial charge in [0.2, 0.25) is 0 Å². The van der Waals surface area contributed by atoms with Gasteiger partial charge in [0.05, 0.1) is 5.52 Å². The minimum atomic E-state index is -0.210. The van der Waals surface area contributed by atoms with Gasteiger partial charge in [-0.05, 0) is 55.0 Å². The quantitative estimate of drug-likeness (QED) is 0.747. The van der Waals surface area contributed by atoms with E-state index in [2.05, 4.69) is 17.4 Å². The van der Waals surface area contributed by atoms with Gasteiger partial charge in [0.15, 0.2) is 0 Å². The molecule has 3 aromatic rings. The summed E-state index contributed by atoms with van der Waals surface area (Å²) < 4.78 is 13.8. The average molecular weight is 306 g/mol. The lowest BCUT2D eigenvalue weighted by Gasteiger charge is -2.21. The molecule has 0 bridgehead atoms. The van der Waals surface area contributed by atoms with E-state index in [9.17, 15) is 4.39 Å². The number of fused-ring (bicyclic) bond motifs is 2. The summed E-state index contributed by atoms with van der Waals surface area (Å²) in [7, 11) is 0. The summed E-state index contributed by atoms with van der Waals surface area (Å²) in [5, 5.41) is 4.44. The lowest BCUT2D eigenvalue weighted by molar-refractivity contribution is 0.629. The van der Waals surface area contributed by atoms with Crippen molar-refractivity contribution < 1.29 is 4.39 Å². The second-order valence-electron chi connectivity index (χ2n) is 6.12. The summed E-state index contributed by atoms with van der Waals surface area (Å²) in [6.07, 6.45) is 4.40. The van der Waals surface area contributed by atoms with E-state index in [1.165, 1.54) is 35.7 Å². The van der Waals surface area contributed by atoms with E-state index in [-0.39, 0.29) is 5.82 Å². The molecule has 116 valence electrons. The lowest BCUT2D eigenvalue weighted by Crippen LogP contribution is -2.11. The SMILES string of the molecule is Fc1ccc2nc3c(c(NCc4ccccc4)c2c1)CCCC3. The van der Waals surface area contributed by atoms with E-state index in [0.29, 0.717) is 0 Å². The van der Waals surface area contributed by atoms with E-state index in [0.717, 1.165) is 36.0 Å². The van der Waals surface area contributed by atoms with Crippen LogP contribution in [0.3, 0.4) is 0 Å². The fraction of sp³-hybridized carbons (Fsp3) is 0.250. The molecule has 1 aliphatic carbocycles. The molecule has 2 aromatic carbocycles. The van der Waals surface area contributed by atoms with Crippen LogP contribution in [-0.4, -0.2) is 4.98 Å². The molecule has 0 saturated heterocycles. The molecule has 0 unspecified atom stereocenters. The normalized spacial score (nSPS) is 13.8. The number of rotatable bonds is 3. The zero-order valence-corrected chi connectivity index (χ0v) is 13.0. The molecule has 1 N–H and O–H groups in total. The van der Waals surface area contributed by atoms with Crippen LogP contribution in [-0.2, 0) is 19.4 Å². The Morgan fingerprint density at radius 3 is 2.70 bits per heavy atom. The third kappa shape index (κ3) is 2.79. The maximum Gasteiger partial charge on any atom is 0.124 e. The smallest absolute Gasteiger partial charge is 0.124 e. The molecule has 0 amide bonds. The average Bonchev–Trinajstić information content (AvgIpc) is 2.60. The van der Waals surface area contributed by atoms with Crippen LogP contribution in [0.15, 0.2) is 48.5 Å². The monoisotopic (exact) mass is 306 g/mol. The fourth-order valence-electron chi connectivity index (χ4n) is 3.38. The number of benzene rings is 2. The summed E-state index contributed by atoms with van der Waals surface area (Å²) in [5.41, 5.74) is 5.60. The third-order valence-corrected chi connectivity index (χ3v) is 4.54. The molecule has 0 saturated carbocycles. The van der Waals surface area contributed by atoms with Crippen molar-refractivity contribution in [2.24, 2.45) is 0 Å². The van der Waals surface area contributed by atoms with Gasteiger partial charge in [-0.15, -0.1) is 0 Å². The van der Waals surface area contributed by atoms with Gasteiger partial charge in [-0.1, -0.05) is 30.3 Å². The predicted octanol–water partition coefficient (Wildman–Crippen LogP) is 4.86. The highest BCUT2D eigenvalue weighted by Gasteiger charge is 2.18. The van der Waals surface area contributed by atoms with Crippen LogP contribution < -0.4 is 5.32 Å². The van der Waals surface area contributed by atoms with Gasteiger partial charge in [0, 0.05) is 23.3 Å². The van der Waals surface area contributed by atoms with Crippen LogP contribution in [0.5, 0.6) is 0 Å². The predicted molar refractivity (Wildman–Crippen MR) is 92.1 cm³/mol. The van der Waals surface area contributed by atoms with Crippen molar-refractivity contribution >= 4 is 16.6 Å². The van der Waals surface area contributed by atoms with Crippen molar-refractivity contribution in [3.8, 4) is 0 Å². The van der Waals surface area contributed by atoms with Crippen LogP contribution in [0, 0.1) is 5.82 Å². The van der Waals surface area contributed by atoms with E-state index in [4.69, 9.17) is 4.98 Å². The first-order chi connectivity index (χ1) is 11.3. The van der Waals surface area contributed by atoms with Crippen molar-refractivity contribution in [2.45, 2.75) is 32.2 Å². The zero-order valence-electron chi connectivity index (χ0n) is 13.0. The molecule has 1 aliphatic rings. The molecule has 4 rings (SSSR count). The van der Waals surface area contributed by atoms with Gasteiger partial charge in [0.25, 0.3) is 0 Å². The summed E-state index contributed by atoms with van der Waals surface area (Å²) in [6.45, 7) is 0.739. The molecule has 0 spiro atoms. The van der Waals surface area contributed by atoms with Crippen LogP contribution in [0.2, 0.25) is 0 Å². The molecule has 0 atom stereocenters. The first-order valence-electron chi connectivity index (χ1n) is 8.20. The second kappa shape index (κ2) is 5.99. The van der Waals surface area contributed by atoms with Crippen molar-refractivity contribution in [2.75, 3.05) is 5.32 Å². The van der Waals surface area contributed by atoms with Gasteiger partial charge in [-0.3, -0.25) is 4.98 Å². The Morgan fingerprint density at radius 2 is 1.83 bits per heavy atom. The number of pyridine rings is 1. The van der Waals surface area contributed by atoms with Gasteiger partial charge < -0.3 is 5.32 Å². The number of nitrogens with zero attached hydrogens (tertiary/aromatic N) is 1. The van der Waals surface area contributed by atoms with Crippen molar-refractivity contribution in [1.82, 2.24) is 4.98 Å². The molecule has 3 heteroatoms. The molecule has 2 nitrogen and oxygen atoms in total. The zero-order chi connectivity index (χ0) is 15.6. The lowest BCUT2D eigenvalue weighted by atomic mass is 9.92. The first-order valence-corrected chi connectivity index (χ1v) is 8.20. The molecule has 0 aliphatic heterocycles. The number of hydrogen-bond donors (Lipinski definition) is 1. The Morgan fingerprint density at radius 1 is 1.00 bits per heavy atom. The number of anilines is 1. The topological polar surface area (TPSA) is 24.9 Å². The maximum absolute atomic E-state index is 13.8. The van der Waals surface area contributed by atoms with Crippen molar-refractivity contribution in [3.63, 3.8) is 0 Å². The highest BCUT2D eigenvalue weighted by molar-refractivity contribution is 5.93. The van der Waals surface area contributed by atoms with E-state index >= 15 is 0 Å². The van der Waals surface area contributed by atoms with E-state index in [1.807, 2.05) is 18.2 Å². The molecular weight excluding hydrogens is 287 g/mol. The third-order valence-electron chi connectivity index (χ3n) is 4.54. The summed E-state index contributed by atoms with van der Waals surface area (Å²) >= 11 is 0.